The number of nitrogens with zero attached hydrogens (tertiary/aromatic N) is 5. The summed E-state index contributed by atoms with van der Waals surface area (Å²) in [5.41, 5.74) is 3.04. The highest BCUT2D eigenvalue weighted by Gasteiger charge is 2.22. The van der Waals surface area contributed by atoms with Gasteiger partial charge in [0.25, 0.3) is 0 Å². The SMILES string of the molecule is COc1cc(N2CCOCC2)ccc1Nc1nc(NC2CCOCC2)c2c(-c3cnco3)[nH]nc2n1. The molecule has 0 spiro atoms. The Morgan fingerprint density at radius 1 is 1.08 bits per heavy atom. The molecule has 0 amide bonds. The van der Waals surface area contributed by atoms with Crippen molar-refractivity contribution < 1.29 is 18.6 Å². The summed E-state index contributed by atoms with van der Waals surface area (Å²) < 4.78 is 22.2. The molecule has 36 heavy (non-hydrogen) atoms. The van der Waals surface area contributed by atoms with Gasteiger partial charge in [-0.2, -0.15) is 15.1 Å². The molecular weight excluding hydrogens is 464 g/mol. The number of anilines is 4. The molecule has 0 aliphatic carbocycles. The minimum absolute atomic E-state index is 0.226. The number of fused-ring (bicyclic) bond motifs is 1. The molecule has 2 saturated heterocycles. The maximum absolute atomic E-state index is 5.69. The number of methoxy groups -OCH3 is 1. The lowest BCUT2D eigenvalue weighted by molar-refractivity contribution is 0.0904. The first-order valence-electron chi connectivity index (χ1n) is 12.1. The fraction of sp³-hybridized carbons (Fsp3) is 0.417. The number of aromatic nitrogens is 5. The van der Waals surface area contributed by atoms with Crippen LogP contribution in [0, 0.1) is 0 Å². The number of hydrogen-bond acceptors (Lipinski definition) is 11. The van der Waals surface area contributed by atoms with Crippen molar-refractivity contribution in [3.8, 4) is 17.2 Å². The van der Waals surface area contributed by atoms with Crippen LogP contribution in [0.2, 0.25) is 0 Å². The topological polar surface area (TPSA) is 135 Å². The fourth-order valence-electron chi connectivity index (χ4n) is 4.56. The summed E-state index contributed by atoms with van der Waals surface area (Å²) in [7, 11) is 1.66. The molecule has 0 unspecified atom stereocenters. The molecule has 0 atom stereocenters. The highest BCUT2D eigenvalue weighted by molar-refractivity contribution is 5.98. The number of rotatable bonds is 7. The zero-order chi connectivity index (χ0) is 24.3. The van der Waals surface area contributed by atoms with Crippen LogP contribution >= 0.6 is 0 Å². The first kappa shape index (κ1) is 22.6. The molecule has 0 radical (unpaired) electrons. The van der Waals surface area contributed by atoms with Crippen LogP contribution in [0.3, 0.4) is 0 Å². The van der Waals surface area contributed by atoms with Crippen LogP contribution in [0.15, 0.2) is 35.2 Å². The third-order valence-corrected chi connectivity index (χ3v) is 6.46. The van der Waals surface area contributed by atoms with Crippen molar-refractivity contribution in [2.45, 2.75) is 18.9 Å². The molecule has 12 heteroatoms. The third kappa shape index (κ3) is 4.52. The largest absolute Gasteiger partial charge is 0.494 e. The molecule has 4 aromatic rings. The second-order valence-electron chi connectivity index (χ2n) is 8.70. The molecule has 2 aliphatic heterocycles. The average Bonchev–Trinajstić information content (AvgIpc) is 3.60. The number of ether oxygens (including phenoxy) is 3. The highest BCUT2D eigenvalue weighted by atomic mass is 16.5. The smallest absolute Gasteiger partial charge is 0.231 e. The molecule has 3 N–H and O–H groups in total. The van der Waals surface area contributed by atoms with Gasteiger partial charge in [0.05, 0.1) is 37.6 Å². The summed E-state index contributed by atoms with van der Waals surface area (Å²) in [6.07, 6.45) is 4.80. The molecule has 3 aromatic heterocycles. The van der Waals surface area contributed by atoms with Gasteiger partial charge in [0.1, 0.15) is 17.3 Å². The summed E-state index contributed by atoms with van der Waals surface area (Å²) in [5.74, 6) is 2.34. The standard InChI is InChI=1S/C24H28N8O4/c1-33-18-12-16(32-6-10-35-11-7-32)2-3-17(18)27-24-28-22(26-15-4-8-34-9-5-15)20-21(19-13-25-14-36-19)30-31-23(20)29-24/h2-3,12-15H,4-11H2,1H3,(H3,26,27,28,29,30,31). The van der Waals surface area contributed by atoms with Gasteiger partial charge in [0.15, 0.2) is 17.8 Å². The summed E-state index contributed by atoms with van der Waals surface area (Å²) in [4.78, 5) is 15.8. The predicted molar refractivity (Wildman–Crippen MR) is 134 cm³/mol. The van der Waals surface area contributed by atoms with E-state index in [0.717, 1.165) is 55.9 Å². The van der Waals surface area contributed by atoms with E-state index in [1.807, 2.05) is 12.1 Å². The Morgan fingerprint density at radius 2 is 1.92 bits per heavy atom. The van der Waals surface area contributed by atoms with Crippen molar-refractivity contribution in [3.05, 3.63) is 30.8 Å². The Labute approximate surface area is 207 Å². The lowest BCUT2D eigenvalue weighted by Gasteiger charge is -2.29. The molecule has 0 saturated carbocycles. The van der Waals surface area contributed by atoms with Gasteiger partial charge in [0.2, 0.25) is 5.95 Å². The van der Waals surface area contributed by atoms with E-state index in [4.69, 9.17) is 23.6 Å². The molecule has 188 valence electrons. The van der Waals surface area contributed by atoms with Gasteiger partial charge in [-0.15, -0.1) is 0 Å². The first-order chi connectivity index (χ1) is 17.8. The van der Waals surface area contributed by atoms with Gasteiger partial charge in [-0.05, 0) is 25.0 Å². The van der Waals surface area contributed by atoms with Crippen molar-refractivity contribution in [1.29, 1.82) is 0 Å². The van der Waals surface area contributed by atoms with Gasteiger partial charge in [-0.25, -0.2) is 4.98 Å². The van der Waals surface area contributed by atoms with Crippen molar-refractivity contribution >= 4 is 34.2 Å². The van der Waals surface area contributed by atoms with E-state index in [2.05, 4.69) is 41.8 Å². The van der Waals surface area contributed by atoms with Crippen LogP contribution in [0.25, 0.3) is 22.5 Å². The molecule has 2 fully saturated rings. The predicted octanol–water partition coefficient (Wildman–Crippen LogP) is 3.19. The van der Waals surface area contributed by atoms with E-state index in [9.17, 15) is 0 Å². The molecule has 6 rings (SSSR count). The summed E-state index contributed by atoms with van der Waals surface area (Å²) in [6, 6.07) is 6.29. The molecule has 12 nitrogen and oxygen atoms in total. The number of aromatic amines is 1. The Morgan fingerprint density at radius 3 is 2.69 bits per heavy atom. The van der Waals surface area contributed by atoms with E-state index in [1.54, 1.807) is 13.3 Å². The van der Waals surface area contributed by atoms with Crippen LogP contribution in [0.5, 0.6) is 5.75 Å². The zero-order valence-electron chi connectivity index (χ0n) is 20.0. The second kappa shape index (κ2) is 9.99. The van der Waals surface area contributed by atoms with Gasteiger partial charge in [-0.1, -0.05) is 0 Å². The van der Waals surface area contributed by atoms with E-state index in [-0.39, 0.29) is 6.04 Å². The Hall–Kier alpha value is -3.90. The van der Waals surface area contributed by atoms with E-state index in [1.165, 1.54) is 6.39 Å². The van der Waals surface area contributed by atoms with Crippen molar-refractivity contribution in [3.63, 3.8) is 0 Å². The van der Waals surface area contributed by atoms with Crippen molar-refractivity contribution in [2.75, 3.05) is 62.2 Å². The van der Waals surface area contributed by atoms with Crippen LogP contribution in [0.4, 0.5) is 23.1 Å². The Balaban J connectivity index is 1.34. The summed E-state index contributed by atoms with van der Waals surface area (Å²) in [5, 5.41) is 15.1. The lowest BCUT2D eigenvalue weighted by atomic mass is 10.1. The fourth-order valence-corrected chi connectivity index (χ4v) is 4.56. The number of H-pyrrole nitrogens is 1. The van der Waals surface area contributed by atoms with E-state index >= 15 is 0 Å². The summed E-state index contributed by atoms with van der Waals surface area (Å²) >= 11 is 0. The Kier molecular flexibility index (Phi) is 6.26. The van der Waals surface area contributed by atoms with Gasteiger partial charge >= 0.3 is 0 Å². The minimum Gasteiger partial charge on any atom is -0.494 e. The number of hydrogen-bond donors (Lipinski definition) is 3. The molecule has 2 aliphatic rings. The van der Waals surface area contributed by atoms with Crippen LogP contribution in [0.1, 0.15) is 12.8 Å². The normalized spacial score (nSPS) is 16.9. The number of benzene rings is 1. The maximum atomic E-state index is 5.69. The maximum Gasteiger partial charge on any atom is 0.231 e. The average molecular weight is 493 g/mol. The molecule has 5 heterocycles. The third-order valence-electron chi connectivity index (χ3n) is 6.46. The second-order valence-corrected chi connectivity index (χ2v) is 8.70. The number of nitrogens with one attached hydrogen (secondary N) is 3. The zero-order valence-corrected chi connectivity index (χ0v) is 20.0. The number of morpholine rings is 1. The first-order valence-corrected chi connectivity index (χ1v) is 12.1. The Bertz CT molecular complexity index is 1310. The van der Waals surface area contributed by atoms with Gasteiger partial charge in [-0.3, -0.25) is 5.10 Å². The van der Waals surface area contributed by atoms with Crippen molar-refractivity contribution in [2.24, 2.45) is 0 Å². The van der Waals surface area contributed by atoms with Crippen molar-refractivity contribution in [1.82, 2.24) is 25.1 Å². The molecular formula is C24H28N8O4. The van der Waals surface area contributed by atoms with Gasteiger partial charge in [0, 0.05) is 44.1 Å². The van der Waals surface area contributed by atoms with E-state index < -0.39 is 0 Å². The quantitative estimate of drug-likeness (QED) is 0.351. The van der Waals surface area contributed by atoms with Crippen LogP contribution in [-0.4, -0.2) is 77.8 Å². The summed E-state index contributed by atoms with van der Waals surface area (Å²) in [6.45, 7) is 4.57. The minimum atomic E-state index is 0.226. The van der Waals surface area contributed by atoms with Gasteiger partial charge < -0.3 is 34.2 Å². The monoisotopic (exact) mass is 492 g/mol. The lowest BCUT2D eigenvalue weighted by Crippen LogP contribution is -2.36. The molecule has 1 aromatic carbocycles. The molecule has 0 bridgehead atoms. The highest BCUT2D eigenvalue weighted by Crippen LogP contribution is 2.35. The number of oxazole rings is 1. The van der Waals surface area contributed by atoms with Crippen LogP contribution < -0.4 is 20.3 Å². The van der Waals surface area contributed by atoms with Crippen LogP contribution in [-0.2, 0) is 9.47 Å². The van der Waals surface area contributed by atoms with E-state index in [0.29, 0.717) is 47.8 Å².